The zero-order valence-corrected chi connectivity index (χ0v) is 21.8. The van der Waals surface area contributed by atoms with Gasteiger partial charge in [-0.25, -0.2) is 0 Å². The lowest BCUT2D eigenvalue weighted by atomic mass is 10.2. The van der Waals surface area contributed by atoms with E-state index in [1.165, 1.54) is 5.69 Å². The molecule has 0 aliphatic carbocycles. The number of guanidine groups is 1. The van der Waals surface area contributed by atoms with Crippen LogP contribution in [0.4, 0.5) is 0 Å². The van der Waals surface area contributed by atoms with E-state index in [4.69, 9.17) is 9.47 Å². The fraction of sp³-hybridized carbons (Fsp3) is 0.565. The molecule has 0 radical (unpaired) electrons. The largest absolute Gasteiger partial charge is 0.492 e. The standard InChI is InChI=1S/C23H36N6O2.HI/c1-19-17-20(2)29(27-19)10-6-9-25-23(24-3)26-18-21-7-4-5-8-22(21)31-16-13-28-11-14-30-15-12-28;/h4-5,7-8,17H,6,9-16,18H2,1-3H3,(H2,24,25,26);1H. The Bertz CT molecular complexity index is 836. The molecular weight excluding hydrogens is 519 g/mol. The summed E-state index contributed by atoms with van der Waals surface area (Å²) in [5.41, 5.74) is 3.38. The van der Waals surface area contributed by atoms with Gasteiger partial charge < -0.3 is 20.1 Å². The highest BCUT2D eigenvalue weighted by Gasteiger charge is 2.11. The molecule has 0 spiro atoms. The monoisotopic (exact) mass is 556 g/mol. The second-order valence-electron chi connectivity index (χ2n) is 7.77. The molecule has 0 bridgehead atoms. The van der Waals surface area contributed by atoms with Crippen molar-refractivity contribution < 1.29 is 9.47 Å². The zero-order valence-electron chi connectivity index (χ0n) is 19.5. The molecule has 8 nitrogen and oxygen atoms in total. The fourth-order valence-electron chi connectivity index (χ4n) is 3.64. The molecule has 1 aliphatic heterocycles. The van der Waals surface area contributed by atoms with Crippen LogP contribution in [0.3, 0.4) is 0 Å². The van der Waals surface area contributed by atoms with E-state index in [0.717, 1.165) is 75.3 Å². The Balaban J connectivity index is 0.00000363. The summed E-state index contributed by atoms with van der Waals surface area (Å²) in [5, 5.41) is 11.3. The zero-order chi connectivity index (χ0) is 21.9. The molecule has 32 heavy (non-hydrogen) atoms. The van der Waals surface area contributed by atoms with Gasteiger partial charge in [-0.3, -0.25) is 14.6 Å². The maximum absolute atomic E-state index is 6.07. The summed E-state index contributed by atoms with van der Waals surface area (Å²) in [7, 11) is 1.79. The number of nitrogens with zero attached hydrogens (tertiary/aromatic N) is 4. The van der Waals surface area contributed by atoms with Crippen molar-refractivity contribution in [2.24, 2.45) is 4.99 Å². The first-order chi connectivity index (χ1) is 15.2. The van der Waals surface area contributed by atoms with E-state index < -0.39 is 0 Å². The van der Waals surface area contributed by atoms with Crippen molar-refractivity contribution in [2.45, 2.75) is 33.4 Å². The van der Waals surface area contributed by atoms with Gasteiger partial charge in [0.25, 0.3) is 0 Å². The third-order valence-electron chi connectivity index (χ3n) is 5.35. The summed E-state index contributed by atoms with van der Waals surface area (Å²) >= 11 is 0. The van der Waals surface area contributed by atoms with Crippen molar-refractivity contribution in [3.63, 3.8) is 0 Å². The minimum atomic E-state index is 0. The van der Waals surface area contributed by atoms with Crippen LogP contribution in [0.15, 0.2) is 35.3 Å². The lowest BCUT2D eigenvalue weighted by Gasteiger charge is -2.26. The molecule has 1 saturated heterocycles. The average Bonchev–Trinajstić information content (AvgIpc) is 3.11. The number of halogens is 1. The van der Waals surface area contributed by atoms with E-state index >= 15 is 0 Å². The number of rotatable bonds is 10. The second-order valence-corrected chi connectivity index (χ2v) is 7.77. The van der Waals surface area contributed by atoms with Crippen LogP contribution in [-0.2, 0) is 17.8 Å². The fourth-order valence-corrected chi connectivity index (χ4v) is 3.64. The molecule has 1 aromatic heterocycles. The predicted molar refractivity (Wildman–Crippen MR) is 139 cm³/mol. The number of ether oxygens (including phenoxy) is 2. The number of para-hydroxylation sites is 1. The lowest BCUT2D eigenvalue weighted by molar-refractivity contribution is 0.0322. The van der Waals surface area contributed by atoms with Crippen LogP contribution in [0.1, 0.15) is 23.4 Å². The quantitative estimate of drug-likeness (QED) is 0.203. The van der Waals surface area contributed by atoms with Crippen molar-refractivity contribution in [2.75, 3.05) is 53.0 Å². The number of benzene rings is 1. The lowest BCUT2D eigenvalue weighted by Crippen LogP contribution is -2.39. The van der Waals surface area contributed by atoms with Gasteiger partial charge in [-0.2, -0.15) is 5.10 Å². The molecule has 178 valence electrons. The summed E-state index contributed by atoms with van der Waals surface area (Å²) < 4.78 is 13.5. The van der Waals surface area contributed by atoms with E-state index in [2.05, 4.69) is 49.4 Å². The molecule has 0 atom stereocenters. The summed E-state index contributed by atoms with van der Waals surface area (Å²) in [6, 6.07) is 10.3. The van der Waals surface area contributed by atoms with E-state index in [-0.39, 0.29) is 24.0 Å². The number of aromatic nitrogens is 2. The molecule has 0 unspecified atom stereocenters. The Kier molecular flexibility index (Phi) is 11.8. The molecule has 3 rings (SSSR count). The van der Waals surface area contributed by atoms with E-state index in [1.54, 1.807) is 7.05 Å². The third-order valence-corrected chi connectivity index (χ3v) is 5.35. The van der Waals surface area contributed by atoms with Gasteiger partial charge in [-0.1, -0.05) is 18.2 Å². The smallest absolute Gasteiger partial charge is 0.191 e. The molecule has 1 fully saturated rings. The minimum Gasteiger partial charge on any atom is -0.492 e. The topological polar surface area (TPSA) is 75.9 Å². The number of hydrogen-bond donors (Lipinski definition) is 2. The van der Waals surface area contributed by atoms with Gasteiger partial charge in [0.15, 0.2) is 5.96 Å². The van der Waals surface area contributed by atoms with Gasteiger partial charge >= 0.3 is 0 Å². The molecule has 9 heteroatoms. The predicted octanol–water partition coefficient (Wildman–Crippen LogP) is 2.58. The third kappa shape index (κ3) is 8.59. The SMILES string of the molecule is CN=C(NCCCn1nc(C)cc1C)NCc1ccccc1OCCN1CCOCC1.I. The summed E-state index contributed by atoms with van der Waals surface area (Å²) in [6.45, 7) is 11.7. The number of morpholine rings is 1. The molecule has 2 N–H and O–H groups in total. The molecule has 1 aromatic carbocycles. The number of hydrogen-bond acceptors (Lipinski definition) is 5. The van der Waals surface area contributed by atoms with Gasteiger partial charge in [0.05, 0.1) is 18.9 Å². The van der Waals surface area contributed by atoms with Crippen molar-refractivity contribution in [1.82, 2.24) is 25.3 Å². The maximum Gasteiger partial charge on any atom is 0.191 e. The number of aliphatic imine (C=N–C) groups is 1. The normalized spacial score (nSPS) is 14.7. The van der Waals surface area contributed by atoms with Crippen molar-refractivity contribution in [3.05, 3.63) is 47.3 Å². The van der Waals surface area contributed by atoms with Gasteiger partial charge in [0.1, 0.15) is 12.4 Å². The molecular formula is C23H37IN6O2. The van der Waals surface area contributed by atoms with Crippen LogP contribution >= 0.6 is 24.0 Å². The van der Waals surface area contributed by atoms with E-state index in [0.29, 0.717) is 13.2 Å². The molecule has 0 saturated carbocycles. The van der Waals surface area contributed by atoms with Crippen molar-refractivity contribution >= 4 is 29.9 Å². The van der Waals surface area contributed by atoms with Crippen LogP contribution in [0.2, 0.25) is 0 Å². The van der Waals surface area contributed by atoms with Crippen molar-refractivity contribution in [3.8, 4) is 5.75 Å². The average molecular weight is 556 g/mol. The summed E-state index contributed by atoms with van der Waals surface area (Å²) in [5.74, 6) is 1.71. The Hall–Kier alpha value is -1.85. The Morgan fingerprint density at radius 2 is 1.94 bits per heavy atom. The van der Waals surface area contributed by atoms with Gasteiger partial charge in [0.2, 0.25) is 0 Å². The maximum atomic E-state index is 6.07. The molecule has 2 aromatic rings. The van der Waals surface area contributed by atoms with Crippen LogP contribution < -0.4 is 15.4 Å². The van der Waals surface area contributed by atoms with Crippen LogP contribution in [0.25, 0.3) is 0 Å². The highest BCUT2D eigenvalue weighted by atomic mass is 127. The van der Waals surface area contributed by atoms with Crippen molar-refractivity contribution in [1.29, 1.82) is 0 Å². The molecule has 2 heterocycles. The van der Waals surface area contributed by atoms with Gasteiger partial charge in [-0.15, -0.1) is 24.0 Å². The highest BCUT2D eigenvalue weighted by Crippen LogP contribution is 2.17. The summed E-state index contributed by atoms with van der Waals surface area (Å²) in [6.07, 6.45) is 0.976. The van der Waals surface area contributed by atoms with E-state index in [1.807, 2.05) is 25.1 Å². The van der Waals surface area contributed by atoms with Crippen LogP contribution in [0.5, 0.6) is 5.75 Å². The first-order valence-electron chi connectivity index (χ1n) is 11.1. The van der Waals surface area contributed by atoms with Crippen LogP contribution in [-0.4, -0.2) is 73.7 Å². The molecule has 1 aliphatic rings. The number of aryl methyl sites for hydroxylation is 3. The Labute approximate surface area is 208 Å². The first-order valence-corrected chi connectivity index (χ1v) is 11.1. The van der Waals surface area contributed by atoms with E-state index in [9.17, 15) is 0 Å². The summed E-state index contributed by atoms with van der Waals surface area (Å²) in [4.78, 5) is 6.71. The Morgan fingerprint density at radius 1 is 1.16 bits per heavy atom. The van der Waals surface area contributed by atoms with Crippen LogP contribution in [0, 0.1) is 13.8 Å². The highest BCUT2D eigenvalue weighted by molar-refractivity contribution is 14.0. The minimum absolute atomic E-state index is 0. The first kappa shape index (κ1) is 26.4. The molecule has 0 amide bonds. The number of nitrogens with one attached hydrogen (secondary N) is 2. The second kappa shape index (κ2) is 14.3. The van der Waals surface area contributed by atoms with Gasteiger partial charge in [0, 0.05) is 57.6 Å². The Morgan fingerprint density at radius 3 is 2.66 bits per heavy atom. The van der Waals surface area contributed by atoms with Gasteiger partial charge in [-0.05, 0) is 32.4 Å².